The van der Waals surface area contributed by atoms with E-state index in [0.29, 0.717) is 5.69 Å². The van der Waals surface area contributed by atoms with Crippen LogP contribution in [-0.2, 0) is 10.8 Å². The minimum atomic E-state index is -0.957. The Hall–Kier alpha value is -3.64. The maximum absolute atomic E-state index is 11.4. The molecule has 6 nitrogen and oxygen atoms in total. The summed E-state index contributed by atoms with van der Waals surface area (Å²) in [5.74, 6) is -0.957. The molecular formula is C29H31N3O3. The van der Waals surface area contributed by atoms with E-state index in [9.17, 15) is 15.1 Å². The molecular weight excluding hydrogens is 438 g/mol. The molecule has 35 heavy (non-hydrogen) atoms. The van der Waals surface area contributed by atoms with Crippen molar-refractivity contribution in [3.63, 3.8) is 0 Å². The SMILES string of the molecule is CN1c2ccc(NO)cc2N=C(c2ccc(C(=O)O)cc2)c2cc3c(cc21)C(C)(C)CCC3(C)C. The quantitative estimate of drug-likeness (QED) is 0.368. The molecule has 0 saturated carbocycles. The van der Waals surface area contributed by atoms with Crippen LogP contribution in [0.5, 0.6) is 0 Å². The smallest absolute Gasteiger partial charge is 0.335 e. The van der Waals surface area contributed by atoms with Crippen molar-refractivity contribution in [3.05, 3.63) is 82.4 Å². The van der Waals surface area contributed by atoms with E-state index in [2.05, 4.69) is 50.2 Å². The summed E-state index contributed by atoms with van der Waals surface area (Å²) in [6.07, 6.45) is 2.22. The normalized spacial score (nSPS) is 17.4. The van der Waals surface area contributed by atoms with Crippen LogP contribution in [0.25, 0.3) is 0 Å². The first-order chi connectivity index (χ1) is 16.5. The predicted octanol–water partition coefficient (Wildman–Crippen LogP) is 6.79. The minimum Gasteiger partial charge on any atom is -0.478 e. The van der Waals surface area contributed by atoms with Gasteiger partial charge in [0.05, 0.1) is 34.0 Å². The van der Waals surface area contributed by atoms with Crippen LogP contribution >= 0.6 is 0 Å². The monoisotopic (exact) mass is 469 g/mol. The largest absolute Gasteiger partial charge is 0.478 e. The third-order valence-electron chi connectivity index (χ3n) is 7.69. The molecule has 0 radical (unpaired) electrons. The van der Waals surface area contributed by atoms with Crippen LogP contribution in [0.2, 0.25) is 0 Å². The zero-order valence-corrected chi connectivity index (χ0v) is 20.8. The highest BCUT2D eigenvalue weighted by Gasteiger charge is 2.39. The Morgan fingerprint density at radius 3 is 2.14 bits per heavy atom. The van der Waals surface area contributed by atoms with Crippen molar-refractivity contribution >= 4 is 34.4 Å². The van der Waals surface area contributed by atoms with Gasteiger partial charge in [0.15, 0.2) is 0 Å². The second-order valence-corrected chi connectivity index (χ2v) is 10.9. The van der Waals surface area contributed by atoms with Gasteiger partial charge in [-0.1, -0.05) is 39.8 Å². The van der Waals surface area contributed by atoms with Gasteiger partial charge in [-0.2, -0.15) is 0 Å². The van der Waals surface area contributed by atoms with Crippen molar-refractivity contribution in [2.45, 2.75) is 51.4 Å². The number of rotatable bonds is 3. The molecule has 180 valence electrons. The van der Waals surface area contributed by atoms with Gasteiger partial charge in [-0.05, 0) is 77.3 Å². The second kappa shape index (κ2) is 7.95. The molecule has 5 rings (SSSR count). The number of anilines is 3. The molecule has 6 heteroatoms. The lowest BCUT2D eigenvalue weighted by Crippen LogP contribution is -2.34. The number of aliphatic imine (C=N–C) groups is 1. The molecule has 0 unspecified atom stereocenters. The molecule has 0 atom stereocenters. The highest BCUT2D eigenvalue weighted by atomic mass is 16.5. The number of carbonyl (C=O) groups is 1. The van der Waals surface area contributed by atoms with E-state index >= 15 is 0 Å². The van der Waals surface area contributed by atoms with Crippen LogP contribution in [0.15, 0.2) is 59.6 Å². The topological polar surface area (TPSA) is 85.2 Å². The van der Waals surface area contributed by atoms with Gasteiger partial charge in [0.1, 0.15) is 0 Å². The molecule has 0 bridgehead atoms. The Bertz CT molecular complexity index is 1370. The Morgan fingerprint density at radius 2 is 1.54 bits per heavy atom. The summed E-state index contributed by atoms with van der Waals surface area (Å²) < 4.78 is 0. The Kier molecular flexibility index (Phi) is 5.25. The van der Waals surface area contributed by atoms with E-state index in [1.165, 1.54) is 11.1 Å². The lowest BCUT2D eigenvalue weighted by molar-refractivity contribution is 0.0697. The van der Waals surface area contributed by atoms with E-state index in [0.717, 1.165) is 46.7 Å². The molecule has 0 fully saturated rings. The maximum Gasteiger partial charge on any atom is 0.335 e. The van der Waals surface area contributed by atoms with Gasteiger partial charge < -0.3 is 10.0 Å². The van der Waals surface area contributed by atoms with Gasteiger partial charge in [0.25, 0.3) is 0 Å². The predicted molar refractivity (Wildman–Crippen MR) is 140 cm³/mol. The Balaban J connectivity index is 1.82. The number of fused-ring (bicyclic) bond motifs is 3. The third-order valence-corrected chi connectivity index (χ3v) is 7.69. The molecule has 1 aliphatic heterocycles. The Labute approximate surface area is 205 Å². The first kappa shape index (κ1) is 23.1. The first-order valence-electron chi connectivity index (χ1n) is 11.9. The van der Waals surface area contributed by atoms with E-state index in [1.807, 2.05) is 37.4 Å². The van der Waals surface area contributed by atoms with Crippen LogP contribution in [0.4, 0.5) is 22.7 Å². The number of aromatic carboxylic acids is 1. The van der Waals surface area contributed by atoms with Gasteiger partial charge in [-0.15, -0.1) is 0 Å². The van der Waals surface area contributed by atoms with Crippen molar-refractivity contribution in [2.24, 2.45) is 4.99 Å². The number of hydrogen-bond acceptors (Lipinski definition) is 5. The molecule has 0 saturated heterocycles. The average molecular weight is 470 g/mol. The zero-order valence-electron chi connectivity index (χ0n) is 20.8. The van der Waals surface area contributed by atoms with E-state index in [-0.39, 0.29) is 16.4 Å². The molecule has 1 heterocycles. The summed E-state index contributed by atoms with van der Waals surface area (Å²) in [6.45, 7) is 9.24. The van der Waals surface area contributed by atoms with Crippen molar-refractivity contribution in [2.75, 3.05) is 17.4 Å². The van der Waals surface area contributed by atoms with Crippen LogP contribution in [0.1, 0.15) is 73.1 Å². The molecule has 3 aromatic rings. The Morgan fingerprint density at radius 1 is 0.914 bits per heavy atom. The van der Waals surface area contributed by atoms with Crippen molar-refractivity contribution in [3.8, 4) is 0 Å². The fourth-order valence-corrected chi connectivity index (χ4v) is 5.34. The summed E-state index contributed by atoms with van der Waals surface area (Å²) in [5, 5.41) is 18.9. The fraction of sp³-hybridized carbons (Fsp3) is 0.310. The summed E-state index contributed by atoms with van der Waals surface area (Å²) in [5.41, 5.74) is 11.1. The van der Waals surface area contributed by atoms with Crippen LogP contribution < -0.4 is 10.4 Å². The average Bonchev–Trinajstić information content (AvgIpc) is 2.95. The third kappa shape index (κ3) is 3.78. The van der Waals surface area contributed by atoms with Crippen molar-refractivity contribution in [1.29, 1.82) is 0 Å². The lowest BCUT2D eigenvalue weighted by atomic mass is 9.62. The molecule has 0 amide bonds. The van der Waals surface area contributed by atoms with Gasteiger partial charge in [-0.25, -0.2) is 9.79 Å². The summed E-state index contributed by atoms with van der Waals surface area (Å²) in [7, 11) is 2.04. The number of benzene rings is 3. The highest BCUT2D eigenvalue weighted by molar-refractivity contribution is 6.19. The van der Waals surface area contributed by atoms with Gasteiger partial charge in [0.2, 0.25) is 0 Å². The van der Waals surface area contributed by atoms with Crippen molar-refractivity contribution in [1.82, 2.24) is 0 Å². The summed E-state index contributed by atoms with van der Waals surface area (Å²) in [4.78, 5) is 18.7. The van der Waals surface area contributed by atoms with Crippen molar-refractivity contribution < 1.29 is 15.1 Å². The van der Waals surface area contributed by atoms with Crippen LogP contribution in [0.3, 0.4) is 0 Å². The molecule has 3 N–H and O–H groups in total. The molecule has 0 aromatic heterocycles. The zero-order chi connectivity index (χ0) is 25.1. The minimum absolute atomic E-state index is 0.0316. The van der Waals surface area contributed by atoms with Gasteiger partial charge in [-0.3, -0.25) is 10.7 Å². The summed E-state index contributed by atoms with van der Waals surface area (Å²) in [6, 6.07) is 17.1. The maximum atomic E-state index is 11.4. The fourth-order valence-electron chi connectivity index (χ4n) is 5.34. The molecule has 3 aromatic carbocycles. The number of hydrogen-bond donors (Lipinski definition) is 3. The number of carboxylic acid groups (broad SMARTS) is 1. The van der Waals surface area contributed by atoms with E-state index in [4.69, 9.17) is 4.99 Å². The lowest BCUT2D eigenvalue weighted by Gasteiger charge is -2.43. The summed E-state index contributed by atoms with van der Waals surface area (Å²) >= 11 is 0. The molecule has 2 aliphatic rings. The van der Waals surface area contributed by atoms with Crippen LogP contribution in [-0.4, -0.2) is 29.0 Å². The number of nitrogens with zero attached hydrogens (tertiary/aromatic N) is 2. The first-order valence-corrected chi connectivity index (χ1v) is 11.9. The standard InChI is InChI=1S/C29H31N3O3/c1-28(2)12-13-29(3,4)22-16-25-20(15-21(22)28)26(17-6-8-18(9-7-17)27(33)34)30-23-14-19(31-35)10-11-24(23)32(25)5/h6-11,14-16,31,35H,12-13H2,1-5H3,(H,33,34). The number of carboxylic acids is 1. The van der Waals surface area contributed by atoms with E-state index < -0.39 is 5.97 Å². The van der Waals surface area contributed by atoms with E-state index in [1.54, 1.807) is 12.1 Å². The van der Waals surface area contributed by atoms with Gasteiger partial charge >= 0.3 is 5.97 Å². The van der Waals surface area contributed by atoms with Gasteiger partial charge in [0, 0.05) is 18.2 Å². The highest BCUT2D eigenvalue weighted by Crippen LogP contribution is 2.50. The molecule has 1 aliphatic carbocycles. The van der Waals surface area contributed by atoms with Crippen LogP contribution in [0, 0.1) is 0 Å². The molecule has 0 spiro atoms. The second-order valence-electron chi connectivity index (χ2n) is 10.9. The number of nitrogens with one attached hydrogen (secondary N) is 1.